The summed E-state index contributed by atoms with van der Waals surface area (Å²) in [6.45, 7) is 5.23. The zero-order chi connectivity index (χ0) is 11.4. The van der Waals surface area contributed by atoms with Crippen molar-refractivity contribution in [3.63, 3.8) is 0 Å². The molecule has 84 valence electrons. The van der Waals surface area contributed by atoms with E-state index in [1.807, 2.05) is 18.2 Å². The van der Waals surface area contributed by atoms with Gasteiger partial charge in [-0.25, -0.2) is 4.98 Å². The summed E-state index contributed by atoms with van der Waals surface area (Å²) in [4.78, 5) is 4.66. The van der Waals surface area contributed by atoms with E-state index in [9.17, 15) is 0 Å². The van der Waals surface area contributed by atoms with Gasteiger partial charge in [0, 0.05) is 17.0 Å². The summed E-state index contributed by atoms with van der Waals surface area (Å²) in [5.74, 6) is 0. The summed E-state index contributed by atoms with van der Waals surface area (Å²) in [6, 6.07) is 10.6. The molecule has 3 heteroatoms. The SMILES string of the molecule is CCNC(C)c1csc(-c2ccccc2)n1. The summed E-state index contributed by atoms with van der Waals surface area (Å²) in [5, 5.41) is 6.60. The minimum absolute atomic E-state index is 0.332. The third kappa shape index (κ3) is 2.49. The monoisotopic (exact) mass is 232 g/mol. The molecule has 0 aliphatic rings. The van der Waals surface area contributed by atoms with Crippen LogP contribution < -0.4 is 5.32 Å². The third-order valence-electron chi connectivity index (χ3n) is 2.50. The van der Waals surface area contributed by atoms with Gasteiger partial charge in [-0.2, -0.15) is 0 Å². The molecule has 0 saturated carbocycles. The Morgan fingerprint density at radius 1 is 1.31 bits per heavy atom. The van der Waals surface area contributed by atoms with Gasteiger partial charge in [0.1, 0.15) is 5.01 Å². The van der Waals surface area contributed by atoms with Crippen molar-refractivity contribution in [1.29, 1.82) is 0 Å². The van der Waals surface area contributed by atoms with E-state index in [-0.39, 0.29) is 0 Å². The number of rotatable bonds is 4. The Hall–Kier alpha value is -1.19. The fraction of sp³-hybridized carbons (Fsp3) is 0.308. The first-order valence-corrected chi connectivity index (χ1v) is 6.43. The van der Waals surface area contributed by atoms with Gasteiger partial charge >= 0.3 is 0 Å². The Morgan fingerprint density at radius 3 is 2.75 bits per heavy atom. The molecule has 0 amide bonds. The van der Waals surface area contributed by atoms with Crippen LogP contribution in [0.15, 0.2) is 35.7 Å². The zero-order valence-corrected chi connectivity index (χ0v) is 10.4. The number of nitrogens with one attached hydrogen (secondary N) is 1. The third-order valence-corrected chi connectivity index (χ3v) is 3.41. The molecule has 0 spiro atoms. The number of hydrogen-bond donors (Lipinski definition) is 1. The van der Waals surface area contributed by atoms with E-state index < -0.39 is 0 Å². The second-order valence-corrected chi connectivity index (χ2v) is 4.58. The first kappa shape index (κ1) is 11.3. The molecule has 1 N–H and O–H groups in total. The van der Waals surface area contributed by atoms with E-state index in [1.54, 1.807) is 11.3 Å². The van der Waals surface area contributed by atoms with Crippen molar-refractivity contribution < 1.29 is 0 Å². The predicted molar refractivity (Wildman–Crippen MR) is 69.6 cm³/mol. The second-order valence-electron chi connectivity index (χ2n) is 3.72. The van der Waals surface area contributed by atoms with Gasteiger partial charge in [-0.15, -0.1) is 11.3 Å². The lowest BCUT2D eigenvalue weighted by atomic mass is 10.2. The van der Waals surface area contributed by atoms with Crippen molar-refractivity contribution in [3.05, 3.63) is 41.4 Å². The molecule has 1 atom stereocenters. The van der Waals surface area contributed by atoms with Crippen LogP contribution in [0.4, 0.5) is 0 Å². The first-order valence-electron chi connectivity index (χ1n) is 5.55. The normalized spacial score (nSPS) is 12.6. The highest BCUT2D eigenvalue weighted by molar-refractivity contribution is 7.13. The minimum atomic E-state index is 0.332. The number of aromatic nitrogens is 1. The minimum Gasteiger partial charge on any atom is -0.309 e. The number of nitrogens with zero attached hydrogens (tertiary/aromatic N) is 1. The molecule has 0 fully saturated rings. The van der Waals surface area contributed by atoms with Crippen LogP contribution in [0.1, 0.15) is 25.6 Å². The van der Waals surface area contributed by atoms with Gasteiger partial charge in [-0.05, 0) is 13.5 Å². The van der Waals surface area contributed by atoms with Crippen LogP contribution in [-0.4, -0.2) is 11.5 Å². The molecule has 2 aromatic rings. The van der Waals surface area contributed by atoms with Crippen molar-refractivity contribution in [2.24, 2.45) is 0 Å². The van der Waals surface area contributed by atoms with E-state index in [4.69, 9.17) is 0 Å². The largest absolute Gasteiger partial charge is 0.309 e. The Labute approximate surface area is 100 Å². The average molecular weight is 232 g/mol. The quantitative estimate of drug-likeness (QED) is 0.873. The number of benzene rings is 1. The van der Waals surface area contributed by atoms with Crippen molar-refractivity contribution in [2.45, 2.75) is 19.9 Å². The van der Waals surface area contributed by atoms with Crippen molar-refractivity contribution in [2.75, 3.05) is 6.54 Å². The van der Waals surface area contributed by atoms with Crippen LogP contribution in [0.5, 0.6) is 0 Å². The highest BCUT2D eigenvalue weighted by Gasteiger charge is 2.09. The standard InChI is InChI=1S/C13H16N2S/c1-3-14-10(2)12-9-16-13(15-12)11-7-5-4-6-8-11/h4-10,14H,3H2,1-2H3. The summed E-state index contributed by atoms with van der Waals surface area (Å²) in [7, 11) is 0. The molecule has 1 aromatic heterocycles. The van der Waals surface area contributed by atoms with Crippen molar-refractivity contribution >= 4 is 11.3 Å². The summed E-state index contributed by atoms with van der Waals surface area (Å²) in [6.07, 6.45) is 0. The number of hydrogen-bond acceptors (Lipinski definition) is 3. The maximum absolute atomic E-state index is 4.66. The van der Waals surface area contributed by atoms with Gasteiger partial charge in [0.2, 0.25) is 0 Å². The van der Waals surface area contributed by atoms with Crippen molar-refractivity contribution in [3.8, 4) is 10.6 Å². The first-order chi connectivity index (χ1) is 7.81. The van der Waals surface area contributed by atoms with Gasteiger partial charge in [0.05, 0.1) is 5.69 Å². The van der Waals surface area contributed by atoms with Crippen LogP contribution in [-0.2, 0) is 0 Å². The van der Waals surface area contributed by atoms with E-state index >= 15 is 0 Å². The van der Waals surface area contributed by atoms with Gasteiger partial charge in [0.25, 0.3) is 0 Å². The summed E-state index contributed by atoms with van der Waals surface area (Å²) >= 11 is 1.71. The van der Waals surface area contributed by atoms with E-state index in [2.05, 4.69) is 41.7 Å². The van der Waals surface area contributed by atoms with Crippen LogP contribution in [0.3, 0.4) is 0 Å². The molecule has 1 aromatic carbocycles. The molecule has 0 saturated heterocycles. The predicted octanol–water partition coefficient (Wildman–Crippen LogP) is 3.48. The summed E-state index contributed by atoms with van der Waals surface area (Å²) < 4.78 is 0. The van der Waals surface area contributed by atoms with Gasteiger partial charge < -0.3 is 5.32 Å². The van der Waals surface area contributed by atoms with Crippen LogP contribution >= 0.6 is 11.3 Å². The lowest BCUT2D eigenvalue weighted by Gasteiger charge is -2.08. The highest BCUT2D eigenvalue weighted by Crippen LogP contribution is 2.25. The topological polar surface area (TPSA) is 24.9 Å². The molecule has 1 heterocycles. The fourth-order valence-corrected chi connectivity index (χ4v) is 2.53. The zero-order valence-electron chi connectivity index (χ0n) is 9.60. The molecule has 16 heavy (non-hydrogen) atoms. The van der Waals surface area contributed by atoms with Crippen LogP contribution in [0.2, 0.25) is 0 Å². The van der Waals surface area contributed by atoms with Crippen LogP contribution in [0.25, 0.3) is 10.6 Å². The second kappa shape index (κ2) is 5.23. The molecular weight excluding hydrogens is 216 g/mol. The van der Waals surface area contributed by atoms with Gasteiger partial charge in [-0.1, -0.05) is 37.3 Å². The van der Waals surface area contributed by atoms with E-state index in [0.717, 1.165) is 17.2 Å². The molecule has 2 nitrogen and oxygen atoms in total. The molecule has 0 aliphatic carbocycles. The highest BCUT2D eigenvalue weighted by atomic mass is 32.1. The lowest BCUT2D eigenvalue weighted by Crippen LogP contribution is -2.17. The summed E-state index contributed by atoms with van der Waals surface area (Å²) in [5.41, 5.74) is 2.33. The molecule has 0 aliphatic heterocycles. The Bertz CT molecular complexity index is 436. The maximum atomic E-state index is 4.66. The molecule has 0 radical (unpaired) electrons. The molecular formula is C13H16N2S. The molecule has 2 rings (SSSR count). The fourth-order valence-electron chi connectivity index (χ4n) is 1.61. The maximum Gasteiger partial charge on any atom is 0.123 e. The Morgan fingerprint density at radius 2 is 2.06 bits per heavy atom. The van der Waals surface area contributed by atoms with Gasteiger partial charge in [-0.3, -0.25) is 0 Å². The van der Waals surface area contributed by atoms with E-state index in [0.29, 0.717) is 6.04 Å². The van der Waals surface area contributed by atoms with Crippen LogP contribution in [0, 0.1) is 0 Å². The van der Waals surface area contributed by atoms with Crippen molar-refractivity contribution in [1.82, 2.24) is 10.3 Å². The molecule has 1 unspecified atom stereocenters. The van der Waals surface area contributed by atoms with E-state index in [1.165, 1.54) is 5.56 Å². The average Bonchev–Trinajstić information content (AvgIpc) is 2.80. The smallest absolute Gasteiger partial charge is 0.123 e. The Kier molecular flexibility index (Phi) is 3.70. The Balaban J connectivity index is 2.20. The van der Waals surface area contributed by atoms with Gasteiger partial charge in [0.15, 0.2) is 0 Å². The number of thiazole rings is 1. The lowest BCUT2D eigenvalue weighted by molar-refractivity contribution is 0.587. The molecule has 0 bridgehead atoms.